The zero-order valence-electron chi connectivity index (χ0n) is 12.7. The van der Waals surface area contributed by atoms with Crippen molar-refractivity contribution in [3.8, 4) is 11.5 Å². The summed E-state index contributed by atoms with van der Waals surface area (Å²) in [5.41, 5.74) is 6.39. The third-order valence-corrected chi connectivity index (χ3v) is 5.59. The first kappa shape index (κ1) is 16.8. The van der Waals surface area contributed by atoms with E-state index in [2.05, 4.69) is 0 Å². The maximum atomic E-state index is 12.6. The molecule has 6 heteroatoms. The maximum Gasteiger partial charge on any atom is 0.187 e. The lowest BCUT2D eigenvalue weighted by Crippen LogP contribution is -2.28. The van der Waals surface area contributed by atoms with E-state index in [1.54, 1.807) is 26.8 Å². The summed E-state index contributed by atoms with van der Waals surface area (Å²) < 4.78 is 34.8. The molecule has 114 valence electrons. The number of ether oxygens (including phenoxy) is 2. The van der Waals surface area contributed by atoms with E-state index in [-0.39, 0.29) is 4.90 Å². The third-order valence-electron chi connectivity index (χ3n) is 3.08. The first-order valence-electron chi connectivity index (χ1n) is 6.38. The molecule has 0 spiro atoms. The van der Waals surface area contributed by atoms with Crippen molar-refractivity contribution >= 4 is 9.84 Å². The van der Waals surface area contributed by atoms with Crippen LogP contribution in [0.5, 0.6) is 11.5 Å². The minimum Gasteiger partial charge on any atom is -0.496 e. The van der Waals surface area contributed by atoms with Crippen LogP contribution in [0.25, 0.3) is 0 Å². The molecule has 0 aliphatic carbocycles. The summed E-state index contributed by atoms with van der Waals surface area (Å²) >= 11 is 0. The van der Waals surface area contributed by atoms with Crippen molar-refractivity contribution in [1.82, 2.24) is 0 Å². The van der Waals surface area contributed by atoms with E-state index in [4.69, 9.17) is 15.2 Å². The topological polar surface area (TPSA) is 78.6 Å². The fourth-order valence-corrected chi connectivity index (χ4v) is 3.15. The van der Waals surface area contributed by atoms with Gasteiger partial charge in [-0.2, -0.15) is 0 Å². The molecule has 0 unspecified atom stereocenters. The number of hydrogen-bond donors (Lipinski definition) is 1. The highest BCUT2D eigenvalue weighted by Crippen LogP contribution is 2.36. The molecule has 2 N–H and O–H groups in total. The molecule has 5 nitrogen and oxygen atoms in total. The molecule has 0 aliphatic heterocycles. The number of benzene rings is 1. The van der Waals surface area contributed by atoms with Crippen LogP contribution in [0.1, 0.15) is 26.3 Å². The monoisotopic (exact) mass is 301 g/mol. The van der Waals surface area contributed by atoms with Gasteiger partial charge in [0, 0.05) is 6.07 Å². The largest absolute Gasteiger partial charge is 0.496 e. The molecule has 1 aromatic carbocycles. The quantitative estimate of drug-likeness (QED) is 0.897. The van der Waals surface area contributed by atoms with Crippen molar-refractivity contribution in [2.24, 2.45) is 5.73 Å². The first-order valence-corrected chi connectivity index (χ1v) is 7.87. The Morgan fingerprint density at radius 2 is 1.65 bits per heavy atom. The van der Waals surface area contributed by atoms with Crippen LogP contribution in [0, 0.1) is 0 Å². The lowest BCUT2D eigenvalue weighted by molar-refractivity contribution is 0.388. The number of hydrogen-bond acceptors (Lipinski definition) is 5. The second-order valence-corrected chi connectivity index (χ2v) is 8.14. The smallest absolute Gasteiger partial charge is 0.187 e. The molecule has 1 rings (SSSR count). The molecule has 0 fully saturated rings. The average molecular weight is 301 g/mol. The van der Waals surface area contributed by atoms with Gasteiger partial charge in [-0.05, 0) is 45.4 Å². The molecule has 0 radical (unpaired) electrons. The predicted molar refractivity (Wildman–Crippen MR) is 79.2 cm³/mol. The van der Waals surface area contributed by atoms with Gasteiger partial charge in [0.1, 0.15) is 16.4 Å². The second kappa shape index (κ2) is 6.01. The Balaban J connectivity index is 3.56. The minimum absolute atomic E-state index is 0.144. The van der Waals surface area contributed by atoms with Gasteiger partial charge in [0.15, 0.2) is 9.84 Å². The van der Waals surface area contributed by atoms with E-state index >= 15 is 0 Å². The van der Waals surface area contributed by atoms with Crippen LogP contribution >= 0.6 is 0 Å². The summed E-state index contributed by atoms with van der Waals surface area (Å²) in [6.45, 7) is 5.41. The van der Waals surface area contributed by atoms with Crippen LogP contribution in [0.2, 0.25) is 0 Å². The summed E-state index contributed by atoms with van der Waals surface area (Å²) in [7, 11) is -0.556. The van der Waals surface area contributed by atoms with Crippen molar-refractivity contribution in [3.05, 3.63) is 17.7 Å². The van der Waals surface area contributed by atoms with Gasteiger partial charge in [0.05, 0.1) is 19.0 Å². The van der Waals surface area contributed by atoms with Gasteiger partial charge in [-0.3, -0.25) is 0 Å². The Morgan fingerprint density at radius 3 is 2.05 bits per heavy atom. The number of nitrogens with two attached hydrogens (primary N) is 1. The normalized spacial score (nSPS) is 12.3. The average Bonchev–Trinajstić information content (AvgIpc) is 2.37. The van der Waals surface area contributed by atoms with Gasteiger partial charge in [-0.25, -0.2) is 8.42 Å². The van der Waals surface area contributed by atoms with Crippen molar-refractivity contribution in [3.63, 3.8) is 0 Å². The van der Waals surface area contributed by atoms with Crippen LogP contribution < -0.4 is 15.2 Å². The fourth-order valence-electron chi connectivity index (χ4n) is 1.82. The molecule has 20 heavy (non-hydrogen) atoms. The van der Waals surface area contributed by atoms with E-state index in [1.165, 1.54) is 20.3 Å². The number of rotatable bonds is 5. The fraction of sp³-hybridized carbons (Fsp3) is 0.571. The minimum atomic E-state index is -3.52. The highest BCUT2D eigenvalue weighted by molar-refractivity contribution is 7.92. The molecule has 0 aromatic heterocycles. The van der Waals surface area contributed by atoms with E-state index in [0.717, 1.165) is 5.56 Å². The van der Waals surface area contributed by atoms with Gasteiger partial charge in [0.2, 0.25) is 0 Å². The van der Waals surface area contributed by atoms with Gasteiger partial charge in [-0.15, -0.1) is 0 Å². The van der Waals surface area contributed by atoms with Gasteiger partial charge in [0.25, 0.3) is 0 Å². The highest BCUT2D eigenvalue weighted by atomic mass is 32.2. The van der Waals surface area contributed by atoms with Crippen LogP contribution in [0.4, 0.5) is 0 Å². The van der Waals surface area contributed by atoms with Crippen molar-refractivity contribution in [2.45, 2.75) is 36.8 Å². The number of sulfone groups is 1. The van der Waals surface area contributed by atoms with E-state index in [0.29, 0.717) is 24.5 Å². The standard InChI is InChI=1S/C14H23NO4S/c1-14(2,3)20(16,17)13-9-11(18-4)10(6-7-15)8-12(13)19-5/h8-9H,6-7,15H2,1-5H3. The lowest BCUT2D eigenvalue weighted by Gasteiger charge is -2.22. The maximum absolute atomic E-state index is 12.6. The van der Waals surface area contributed by atoms with Crippen LogP contribution in [-0.4, -0.2) is 33.9 Å². The predicted octanol–water partition coefficient (Wildman–Crippen LogP) is 1.78. The van der Waals surface area contributed by atoms with Crippen molar-refractivity contribution < 1.29 is 17.9 Å². The second-order valence-electron chi connectivity index (χ2n) is 5.47. The molecule has 0 aliphatic rings. The Labute approximate surface area is 121 Å². The van der Waals surface area contributed by atoms with Crippen LogP contribution in [0.15, 0.2) is 17.0 Å². The van der Waals surface area contributed by atoms with Crippen molar-refractivity contribution in [1.29, 1.82) is 0 Å². The van der Waals surface area contributed by atoms with Gasteiger partial charge >= 0.3 is 0 Å². The molecule has 0 saturated carbocycles. The first-order chi connectivity index (χ1) is 9.18. The van der Waals surface area contributed by atoms with Crippen molar-refractivity contribution in [2.75, 3.05) is 20.8 Å². The summed E-state index contributed by atoms with van der Waals surface area (Å²) in [6.07, 6.45) is 0.593. The Morgan fingerprint density at radius 1 is 1.10 bits per heavy atom. The molecule has 0 amide bonds. The summed E-state index contributed by atoms with van der Waals surface area (Å²) in [5, 5.41) is 0. The van der Waals surface area contributed by atoms with Crippen LogP contribution in [0.3, 0.4) is 0 Å². The highest BCUT2D eigenvalue weighted by Gasteiger charge is 2.34. The van der Waals surface area contributed by atoms with E-state index in [9.17, 15) is 8.42 Å². The van der Waals surface area contributed by atoms with Gasteiger partial charge < -0.3 is 15.2 Å². The zero-order valence-corrected chi connectivity index (χ0v) is 13.5. The third kappa shape index (κ3) is 3.07. The lowest BCUT2D eigenvalue weighted by atomic mass is 10.1. The zero-order chi connectivity index (χ0) is 15.6. The Bertz CT molecular complexity index is 574. The molecular weight excluding hydrogens is 278 g/mol. The van der Waals surface area contributed by atoms with E-state index in [1.807, 2.05) is 0 Å². The van der Waals surface area contributed by atoms with Gasteiger partial charge in [-0.1, -0.05) is 0 Å². The Kier molecular flexibility index (Phi) is 5.05. The van der Waals surface area contributed by atoms with Crippen LogP contribution in [-0.2, 0) is 16.3 Å². The molecular formula is C14H23NO4S. The number of methoxy groups -OCH3 is 2. The SMILES string of the molecule is COc1cc(S(=O)(=O)C(C)(C)C)c(OC)cc1CCN. The summed E-state index contributed by atoms with van der Waals surface area (Å²) in [5.74, 6) is 0.836. The summed E-state index contributed by atoms with van der Waals surface area (Å²) in [4.78, 5) is 0.144. The van der Waals surface area contributed by atoms with E-state index < -0.39 is 14.6 Å². The molecule has 0 atom stereocenters. The molecule has 1 aromatic rings. The molecule has 0 saturated heterocycles. The molecule has 0 heterocycles. The Hall–Kier alpha value is -1.27. The summed E-state index contributed by atoms with van der Waals surface area (Å²) in [6, 6.07) is 3.20. The molecule has 0 bridgehead atoms.